The van der Waals surface area contributed by atoms with Crippen molar-refractivity contribution in [3.8, 4) is 0 Å². The summed E-state index contributed by atoms with van der Waals surface area (Å²) in [5, 5.41) is 4.00. The maximum absolute atomic E-state index is 5.76. The van der Waals surface area contributed by atoms with Crippen LogP contribution in [0.15, 0.2) is 29.0 Å². The Hall–Kier alpha value is -1.00. The van der Waals surface area contributed by atoms with Gasteiger partial charge in [0.2, 0.25) is 0 Å². The number of halogens is 1. The molecule has 2 aromatic rings. The third-order valence-corrected chi connectivity index (χ3v) is 2.83. The summed E-state index contributed by atoms with van der Waals surface area (Å²) in [5.41, 5.74) is 0. The molecular formula is C9H9ClN2OS. The van der Waals surface area contributed by atoms with Crippen LogP contribution in [-0.2, 0) is 0 Å². The molecule has 74 valence electrons. The molecule has 14 heavy (non-hydrogen) atoms. The monoisotopic (exact) mass is 228 g/mol. The van der Waals surface area contributed by atoms with Gasteiger partial charge in [0.05, 0.1) is 18.5 Å². The van der Waals surface area contributed by atoms with Gasteiger partial charge in [0.15, 0.2) is 5.13 Å². The van der Waals surface area contributed by atoms with Crippen molar-refractivity contribution in [3.63, 3.8) is 0 Å². The highest BCUT2D eigenvalue weighted by Gasteiger charge is 2.09. The van der Waals surface area contributed by atoms with Gasteiger partial charge in [-0.15, -0.1) is 0 Å². The van der Waals surface area contributed by atoms with Crippen molar-refractivity contribution < 1.29 is 4.42 Å². The summed E-state index contributed by atoms with van der Waals surface area (Å²) < 4.78 is 5.94. The van der Waals surface area contributed by atoms with Gasteiger partial charge in [0.1, 0.15) is 10.1 Å². The number of rotatable bonds is 3. The highest BCUT2D eigenvalue weighted by molar-refractivity contribution is 7.19. The van der Waals surface area contributed by atoms with E-state index in [1.165, 1.54) is 11.3 Å². The topological polar surface area (TPSA) is 38.1 Å². The van der Waals surface area contributed by atoms with Crippen molar-refractivity contribution in [1.82, 2.24) is 4.98 Å². The van der Waals surface area contributed by atoms with Crippen LogP contribution in [0, 0.1) is 0 Å². The van der Waals surface area contributed by atoms with Crippen LogP contribution >= 0.6 is 22.9 Å². The Morgan fingerprint density at radius 1 is 1.64 bits per heavy atom. The van der Waals surface area contributed by atoms with Crippen molar-refractivity contribution in [2.75, 3.05) is 5.32 Å². The molecule has 0 fully saturated rings. The van der Waals surface area contributed by atoms with Crippen molar-refractivity contribution in [2.45, 2.75) is 13.0 Å². The zero-order chi connectivity index (χ0) is 9.97. The maximum atomic E-state index is 5.76. The summed E-state index contributed by atoms with van der Waals surface area (Å²) in [6.45, 7) is 2.01. The molecule has 0 aliphatic heterocycles. The fourth-order valence-electron chi connectivity index (χ4n) is 1.12. The van der Waals surface area contributed by atoms with Crippen LogP contribution in [0.4, 0.5) is 5.13 Å². The first-order valence-electron chi connectivity index (χ1n) is 4.17. The molecule has 1 atom stereocenters. The van der Waals surface area contributed by atoms with Gasteiger partial charge >= 0.3 is 0 Å². The molecule has 0 aliphatic rings. The number of hydrogen-bond acceptors (Lipinski definition) is 4. The highest BCUT2D eigenvalue weighted by atomic mass is 35.5. The zero-order valence-electron chi connectivity index (χ0n) is 7.53. The van der Waals surface area contributed by atoms with Gasteiger partial charge in [0, 0.05) is 0 Å². The molecule has 1 N–H and O–H groups in total. The molecule has 0 aromatic carbocycles. The standard InChI is InChI=1S/C9H9ClN2OS/c1-6(7-3-2-4-13-7)12-9-11-5-8(10)14-9/h2-6H,1H3,(H,11,12). The lowest BCUT2D eigenvalue weighted by atomic mass is 10.3. The molecule has 2 aromatic heterocycles. The first kappa shape index (κ1) is 9.55. The molecule has 0 radical (unpaired) electrons. The van der Waals surface area contributed by atoms with E-state index in [9.17, 15) is 0 Å². The lowest BCUT2D eigenvalue weighted by Gasteiger charge is -2.08. The fraction of sp³-hybridized carbons (Fsp3) is 0.222. The Labute approximate surface area is 90.7 Å². The summed E-state index contributed by atoms with van der Waals surface area (Å²) in [7, 11) is 0. The molecule has 3 nitrogen and oxygen atoms in total. The SMILES string of the molecule is CC(Nc1ncc(Cl)s1)c1ccco1. The van der Waals surface area contributed by atoms with Gasteiger partial charge < -0.3 is 9.73 Å². The molecule has 5 heteroatoms. The normalized spacial score (nSPS) is 12.7. The van der Waals surface area contributed by atoms with Gasteiger partial charge in [0.25, 0.3) is 0 Å². The Morgan fingerprint density at radius 2 is 2.50 bits per heavy atom. The van der Waals surface area contributed by atoms with Crippen LogP contribution < -0.4 is 5.32 Å². The maximum Gasteiger partial charge on any atom is 0.184 e. The fourth-order valence-corrected chi connectivity index (χ4v) is 2.01. The minimum atomic E-state index is 0.104. The smallest absolute Gasteiger partial charge is 0.184 e. The Kier molecular flexibility index (Phi) is 2.74. The second kappa shape index (κ2) is 4.02. The van der Waals surface area contributed by atoms with Gasteiger partial charge in [-0.1, -0.05) is 22.9 Å². The molecule has 2 heterocycles. The Balaban J connectivity index is 2.05. The van der Waals surface area contributed by atoms with Crippen molar-refractivity contribution >= 4 is 28.1 Å². The quantitative estimate of drug-likeness (QED) is 0.873. The molecule has 0 amide bonds. The molecule has 0 bridgehead atoms. The van der Waals surface area contributed by atoms with E-state index in [1.807, 2.05) is 19.1 Å². The van der Waals surface area contributed by atoms with Crippen LogP contribution in [0.3, 0.4) is 0 Å². The van der Waals surface area contributed by atoms with E-state index in [4.69, 9.17) is 16.0 Å². The van der Waals surface area contributed by atoms with E-state index < -0.39 is 0 Å². The third-order valence-electron chi connectivity index (χ3n) is 1.79. The molecule has 0 spiro atoms. The zero-order valence-corrected chi connectivity index (χ0v) is 9.10. The summed E-state index contributed by atoms with van der Waals surface area (Å²) in [6, 6.07) is 3.89. The molecule has 0 aliphatic carbocycles. The van der Waals surface area contributed by atoms with Gasteiger partial charge in [-0.2, -0.15) is 0 Å². The van der Waals surface area contributed by atoms with Crippen LogP contribution in [0.25, 0.3) is 0 Å². The van der Waals surface area contributed by atoms with Crippen molar-refractivity contribution in [1.29, 1.82) is 0 Å². The van der Waals surface area contributed by atoms with Crippen LogP contribution in [0.1, 0.15) is 18.7 Å². The Morgan fingerprint density at radius 3 is 3.07 bits per heavy atom. The van der Waals surface area contributed by atoms with E-state index >= 15 is 0 Å². The van der Waals surface area contributed by atoms with E-state index in [0.717, 1.165) is 10.9 Å². The lowest BCUT2D eigenvalue weighted by molar-refractivity contribution is 0.490. The summed E-state index contributed by atoms with van der Waals surface area (Å²) in [5.74, 6) is 0.885. The molecular weight excluding hydrogens is 220 g/mol. The molecule has 0 saturated heterocycles. The second-order valence-electron chi connectivity index (χ2n) is 2.85. The largest absolute Gasteiger partial charge is 0.467 e. The van der Waals surface area contributed by atoms with Gasteiger partial charge in [-0.25, -0.2) is 4.98 Å². The predicted octanol–water partition coefficient (Wildman–Crippen LogP) is 3.56. The molecule has 2 rings (SSSR count). The number of hydrogen-bond donors (Lipinski definition) is 1. The number of thiazole rings is 1. The number of furan rings is 1. The lowest BCUT2D eigenvalue weighted by Crippen LogP contribution is -2.04. The van der Waals surface area contributed by atoms with Crippen LogP contribution in [0.2, 0.25) is 4.34 Å². The first-order valence-corrected chi connectivity index (χ1v) is 5.36. The van der Waals surface area contributed by atoms with Crippen LogP contribution in [-0.4, -0.2) is 4.98 Å². The minimum absolute atomic E-state index is 0.104. The highest BCUT2D eigenvalue weighted by Crippen LogP contribution is 2.26. The van der Waals surface area contributed by atoms with Crippen molar-refractivity contribution in [2.24, 2.45) is 0 Å². The van der Waals surface area contributed by atoms with Crippen molar-refractivity contribution in [3.05, 3.63) is 34.7 Å². The average Bonchev–Trinajstić information content (AvgIpc) is 2.75. The molecule has 0 saturated carbocycles. The average molecular weight is 229 g/mol. The van der Waals surface area contributed by atoms with E-state index in [-0.39, 0.29) is 6.04 Å². The van der Waals surface area contributed by atoms with Gasteiger partial charge in [-0.05, 0) is 19.1 Å². The second-order valence-corrected chi connectivity index (χ2v) is 4.51. The number of aromatic nitrogens is 1. The third kappa shape index (κ3) is 2.08. The number of nitrogens with zero attached hydrogens (tertiary/aromatic N) is 1. The Bertz CT molecular complexity index is 399. The summed E-state index contributed by atoms with van der Waals surface area (Å²) in [6.07, 6.45) is 3.28. The first-order chi connectivity index (χ1) is 6.75. The number of nitrogens with one attached hydrogen (secondary N) is 1. The minimum Gasteiger partial charge on any atom is -0.467 e. The van der Waals surface area contributed by atoms with E-state index in [1.54, 1.807) is 12.5 Å². The van der Waals surface area contributed by atoms with Crippen LogP contribution in [0.5, 0.6) is 0 Å². The van der Waals surface area contributed by atoms with E-state index in [0.29, 0.717) is 4.34 Å². The molecule has 1 unspecified atom stereocenters. The van der Waals surface area contributed by atoms with E-state index in [2.05, 4.69) is 10.3 Å². The van der Waals surface area contributed by atoms with Gasteiger partial charge in [-0.3, -0.25) is 0 Å². The summed E-state index contributed by atoms with van der Waals surface area (Å²) in [4.78, 5) is 4.10. The number of anilines is 1. The predicted molar refractivity (Wildman–Crippen MR) is 57.9 cm³/mol. The summed E-state index contributed by atoms with van der Waals surface area (Å²) >= 11 is 7.18.